The predicted molar refractivity (Wildman–Crippen MR) is 125 cm³/mol. The molecule has 3 rings (SSSR count). The van der Waals surface area contributed by atoms with Crippen LogP contribution in [0.4, 0.5) is 5.69 Å². The van der Waals surface area contributed by atoms with Gasteiger partial charge < -0.3 is 10.6 Å². The number of hydrogen-bond acceptors (Lipinski definition) is 4. The highest BCUT2D eigenvalue weighted by Gasteiger charge is 2.25. The summed E-state index contributed by atoms with van der Waals surface area (Å²) < 4.78 is 0.419. The number of anilines is 1. The molecule has 1 unspecified atom stereocenters. The number of carbonyl (C=O) groups is 2. The van der Waals surface area contributed by atoms with Crippen LogP contribution < -0.4 is 10.6 Å². The van der Waals surface area contributed by atoms with Crippen molar-refractivity contribution < 1.29 is 9.59 Å². The number of carbonyl (C=O) groups excluding carboxylic acids is 2. The van der Waals surface area contributed by atoms with Crippen LogP contribution in [0, 0.1) is 12.8 Å². The average Bonchev–Trinajstić information content (AvgIpc) is 2.72. The van der Waals surface area contributed by atoms with Crippen LogP contribution in [-0.4, -0.2) is 29.4 Å². The van der Waals surface area contributed by atoms with E-state index >= 15 is 0 Å². The second-order valence-electron chi connectivity index (χ2n) is 7.55. The van der Waals surface area contributed by atoms with Crippen molar-refractivity contribution in [2.24, 2.45) is 5.92 Å². The minimum absolute atomic E-state index is 0.0318. The Hall–Kier alpha value is -1.92. The largest absolute Gasteiger partial charge is 0.340 e. The van der Waals surface area contributed by atoms with Gasteiger partial charge in [0.25, 0.3) is 5.91 Å². The lowest BCUT2D eigenvalue weighted by molar-refractivity contribution is -0.118. The van der Waals surface area contributed by atoms with Gasteiger partial charge in [-0.15, -0.1) is 23.5 Å². The van der Waals surface area contributed by atoms with Crippen LogP contribution in [0.15, 0.2) is 48.5 Å². The fraction of sp³-hybridized carbons (Fsp3) is 0.391. The van der Waals surface area contributed by atoms with Gasteiger partial charge in [-0.3, -0.25) is 9.59 Å². The maximum atomic E-state index is 13.0. The normalized spacial score (nSPS) is 15.7. The standard InChI is InChI=1S/C23H28N2O2S2/c1-15(2)20(25-21(26)19-11-5-4-8-16(19)3)22(27)24-18-10-6-9-17(14-18)23-28-12-7-13-29-23/h4-6,8-11,14-15,20,23H,7,12-13H2,1-3H3,(H,24,27)(H,25,26). The van der Waals surface area contributed by atoms with Crippen LogP contribution in [0.1, 0.15) is 46.3 Å². The van der Waals surface area contributed by atoms with Gasteiger partial charge in [-0.1, -0.05) is 44.2 Å². The Labute approximate surface area is 181 Å². The van der Waals surface area contributed by atoms with Gasteiger partial charge in [-0.25, -0.2) is 0 Å². The molecular formula is C23H28N2O2S2. The highest BCUT2D eigenvalue weighted by atomic mass is 32.2. The van der Waals surface area contributed by atoms with Crippen molar-refractivity contribution in [3.05, 3.63) is 65.2 Å². The molecule has 4 nitrogen and oxygen atoms in total. The molecule has 1 atom stereocenters. The zero-order chi connectivity index (χ0) is 20.8. The number of nitrogens with one attached hydrogen (secondary N) is 2. The molecular weight excluding hydrogens is 400 g/mol. The fourth-order valence-corrected chi connectivity index (χ4v) is 6.12. The third kappa shape index (κ3) is 5.80. The molecule has 2 aromatic rings. The maximum Gasteiger partial charge on any atom is 0.252 e. The lowest BCUT2D eigenvalue weighted by Crippen LogP contribution is -2.47. The molecule has 0 saturated carbocycles. The summed E-state index contributed by atoms with van der Waals surface area (Å²) in [6.45, 7) is 5.77. The smallest absolute Gasteiger partial charge is 0.252 e. The molecule has 2 aromatic carbocycles. The topological polar surface area (TPSA) is 58.2 Å². The van der Waals surface area contributed by atoms with E-state index in [1.807, 2.05) is 74.6 Å². The number of benzene rings is 2. The van der Waals surface area contributed by atoms with E-state index < -0.39 is 6.04 Å². The lowest BCUT2D eigenvalue weighted by atomic mass is 10.0. The summed E-state index contributed by atoms with van der Waals surface area (Å²) in [6, 6.07) is 14.9. The second-order valence-corrected chi connectivity index (χ2v) is 10.3. The van der Waals surface area contributed by atoms with Crippen LogP contribution >= 0.6 is 23.5 Å². The first kappa shape index (κ1) is 21.8. The van der Waals surface area contributed by atoms with Gasteiger partial charge in [0.1, 0.15) is 6.04 Å². The Kier molecular flexibility index (Phi) is 7.67. The first-order chi connectivity index (χ1) is 14.0. The molecule has 154 valence electrons. The van der Waals surface area contributed by atoms with E-state index in [0.717, 1.165) is 11.3 Å². The van der Waals surface area contributed by atoms with Crippen LogP contribution in [-0.2, 0) is 4.79 Å². The van der Waals surface area contributed by atoms with Gasteiger partial charge in [0.15, 0.2) is 0 Å². The molecule has 1 fully saturated rings. The highest BCUT2D eigenvalue weighted by Crippen LogP contribution is 2.44. The van der Waals surface area contributed by atoms with Crippen LogP contribution in [0.3, 0.4) is 0 Å². The summed E-state index contributed by atoms with van der Waals surface area (Å²) in [5.41, 5.74) is 3.49. The second kappa shape index (κ2) is 10.2. The Bertz CT molecular complexity index is 863. The Morgan fingerprint density at radius 1 is 1.03 bits per heavy atom. The van der Waals surface area contributed by atoms with E-state index in [1.54, 1.807) is 6.07 Å². The highest BCUT2D eigenvalue weighted by molar-refractivity contribution is 8.16. The molecule has 1 heterocycles. The SMILES string of the molecule is Cc1ccccc1C(=O)NC(C(=O)Nc1cccc(C2SCCCS2)c1)C(C)C. The number of thioether (sulfide) groups is 2. The van der Waals surface area contributed by atoms with Crippen LogP contribution in [0.5, 0.6) is 0 Å². The third-order valence-corrected chi connectivity index (χ3v) is 7.89. The molecule has 1 saturated heterocycles. The van der Waals surface area contributed by atoms with Crippen molar-refractivity contribution in [2.75, 3.05) is 16.8 Å². The van der Waals surface area contributed by atoms with Gasteiger partial charge in [-0.05, 0) is 60.1 Å². The molecule has 2 amide bonds. The Morgan fingerprint density at radius 3 is 2.45 bits per heavy atom. The summed E-state index contributed by atoms with van der Waals surface area (Å²) in [5, 5.41) is 5.91. The van der Waals surface area contributed by atoms with Crippen molar-refractivity contribution >= 4 is 41.0 Å². The van der Waals surface area contributed by atoms with Crippen LogP contribution in [0.25, 0.3) is 0 Å². The minimum atomic E-state index is -0.607. The summed E-state index contributed by atoms with van der Waals surface area (Å²) in [5.74, 6) is 1.91. The number of hydrogen-bond donors (Lipinski definition) is 2. The average molecular weight is 429 g/mol. The molecule has 0 spiro atoms. The first-order valence-electron chi connectivity index (χ1n) is 9.96. The van der Waals surface area contributed by atoms with Crippen molar-refractivity contribution in [3.63, 3.8) is 0 Å². The van der Waals surface area contributed by atoms with E-state index in [9.17, 15) is 9.59 Å². The molecule has 0 aromatic heterocycles. The van der Waals surface area contributed by atoms with Crippen molar-refractivity contribution in [1.29, 1.82) is 0 Å². The lowest BCUT2D eigenvalue weighted by Gasteiger charge is -2.23. The molecule has 0 radical (unpaired) electrons. The van der Waals surface area contributed by atoms with E-state index in [2.05, 4.69) is 22.8 Å². The monoisotopic (exact) mass is 428 g/mol. The Balaban J connectivity index is 1.70. The predicted octanol–water partition coefficient (Wildman–Crippen LogP) is 5.26. The number of amides is 2. The quantitative estimate of drug-likeness (QED) is 0.659. The summed E-state index contributed by atoms with van der Waals surface area (Å²) in [4.78, 5) is 25.7. The van der Waals surface area contributed by atoms with Gasteiger partial charge in [0.05, 0.1) is 4.58 Å². The van der Waals surface area contributed by atoms with Crippen molar-refractivity contribution in [3.8, 4) is 0 Å². The summed E-state index contributed by atoms with van der Waals surface area (Å²) in [7, 11) is 0. The van der Waals surface area contributed by atoms with Crippen molar-refractivity contribution in [2.45, 2.75) is 37.8 Å². The third-order valence-electron chi connectivity index (χ3n) is 4.88. The summed E-state index contributed by atoms with van der Waals surface area (Å²) >= 11 is 3.91. The van der Waals surface area contributed by atoms with E-state index in [0.29, 0.717) is 10.1 Å². The zero-order valence-corrected chi connectivity index (χ0v) is 18.7. The van der Waals surface area contributed by atoms with Crippen LogP contribution in [0.2, 0.25) is 0 Å². The first-order valence-corrected chi connectivity index (χ1v) is 12.1. The zero-order valence-electron chi connectivity index (χ0n) is 17.1. The number of rotatable bonds is 6. The van der Waals surface area contributed by atoms with Gasteiger partial charge in [0.2, 0.25) is 5.91 Å². The molecule has 1 aliphatic rings. The number of aryl methyl sites for hydroxylation is 1. The Morgan fingerprint density at radius 2 is 1.76 bits per heavy atom. The van der Waals surface area contributed by atoms with Gasteiger partial charge >= 0.3 is 0 Å². The fourth-order valence-electron chi connectivity index (χ4n) is 3.24. The molecule has 0 bridgehead atoms. The molecule has 1 aliphatic heterocycles. The minimum Gasteiger partial charge on any atom is -0.340 e. The summed E-state index contributed by atoms with van der Waals surface area (Å²) in [6.07, 6.45) is 1.25. The molecule has 0 aliphatic carbocycles. The molecule has 6 heteroatoms. The van der Waals surface area contributed by atoms with Crippen molar-refractivity contribution in [1.82, 2.24) is 5.32 Å². The van der Waals surface area contributed by atoms with E-state index in [4.69, 9.17) is 0 Å². The van der Waals surface area contributed by atoms with E-state index in [1.165, 1.54) is 23.5 Å². The maximum absolute atomic E-state index is 13.0. The van der Waals surface area contributed by atoms with E-state index in [-0.39, 0.29) is 17.7 Å². The van der Waals surface area contributed by atoms with Gasteiger partial charge in [0, 0.05) is 11.3 Å². The molecule has 2 N–H and O–H groups in total. The molecule has 29 heavy (non-hydrogen) atoms. The van der Waals surface area contributed by atoms with Gasteiger partial charge in [-0.2, -0.15) is 0 Å².